The Labute approximate surface area is 66.4 Å². The summed E-state index contributed by atoms with van der Waals surface area (Å²) in [4.78, 5) is 29.9. The van der Waals surface area contributed by atoms with Crippen molar-refractivity contribution in [2.75, 3.05) is 6.61 Å². The summed E-state index contributed by atoms with van der Waals surface area (Å²) in [5.74, 6) is -0.668. The fourth-order valence-electron chi connectivity index (χ4n) is 0.572. The number of esters is 1. The van der Waals surface area contributed by atoms with Gasteiger partial charge in [0.05, 0.1) is 6.61 Å². The third-order valence-corrected chi connectivity index (χ3v) is 2.04. The number of hydrogen-bond acceptors (Lipinski definition) is 4. The van der Waals surface area contributed by atoms with Gasteiger partial charge in [0.1, 0.15) is 0 Å². The molecule has 1 unspecified atom stereocenters. The summed E-state index contributed by atoms with van der Waals surface area (Å²) < 4.78 is 4.54. The molecule has 0 aliphatic rings. The van der Waals surface area contributed by atoms with Crippen molar-refractivity contribution in [1.29, 1.82) is 0 Å². The second kappa shape index (κ2) is 5.24. The summed E-state index contributed by atoms with van der Waals surface area (Å²) in [7, 11) is -2.52. The van der Waals surface area contributed by atoms with E-state index in [2.05, 4.69) is 4.74 Å². The molecule has 0 aromatic carbocycles. The first-order valence-electron chi connectivity index (χ1n) is 3.32. The van der Waals surface area contributed by atoms with Crippen LogP contribution >= 0.6 is 8.00 Å². The van der Waals surface area contributed by atoms with Crippen LogP contribution in [0.3, 0.4) is 0 Å². The highest BCUT2D eigenvalue weighted by atomic mass is 31.1. The first-order valence-corrected chi connectivity index (χ1v) is 4.53. The number of rotatable bonds is 3. The predicted octanol–water partition coefficient (Wildman–Crippen LogP) is -0.204. The molecular weight excluding hydrogens is 167 g/mol. The quantitative estimate of drug-likeness (QED) is 0.479. The third kappa shape index (κ3) is 3.46. The topological polar surface area (TPSA) is 69.6 Å². The molecule has 0 aliphatic heterocycles. The van der Waals surface area contributed by atoms with Crippen LogP contribution in [0.15, 0.2) is 0 Å². The summed E-state index contributed by atoms with van der Waals surface area (Å²) >= 11 is 0. The fourth-order valence-corrected chi connectivity index (χ4v) is 1.06. The van der Waals surface area contributed by atoms with E-state index in [9.17, 15) is 9.69 Å². The van der Waals surface area contributed by atoms with E-state index in [1.807, 2.05) is 0 Å². The van der Waals surface area contributed by atoms with Crippen LogP contribution in [0.4, 0.5) is 0 Å². The first-order chi connectivity index (χ1) is 5.13. The third-order valence-electron chi connectivity index (χ3n) is 1.08. The van der Waals surface area contributed by atoms with Crippen molar-refractivity contribution < 1.29 is 19.3 Å². The van der Waals surface area contributed by atoms with Crippen LogP contribution in [0.25, 0.3) is 0 Å². The second-order valence-corrected chi connectivity index (χ2v) is 2.88. The Bertz CT molecular complexity index is 171. The molecular formula is C6H11O4P. The number of ether oxygens (including phenoxy) is 1. The van der Waals surface area contributed by atoms with Gasteiger partial charge in [-0.05, 0) is 6.92 Å². The molecule has 0 radical (unpaired) electrons. The van der Waals surface area contributed by atoms with Crippen molar-refractivity contribution >= 4 is 19.3 Å². The van der Waals surface area contributed by atoms with Gasteiger partial charge in [0.2, 0.25) is 13.3 Å². The molecule has 0 amide bonds. The summed E-state index contributed by atoms with van der Waals surface area (Å²) in [6.07, 6.45) is 0.255. The zero-order chi connectivity index (χ0) is 8.85. The van der Waals surface area contributed by atoms with E-state index in [0.29, 0.717) is 0 Å². The maximum Gasteiger partial charge on any atom is 0.379 e. The molecule has 0 saturated carbocycles. The van der Waals surface area contributed by atoms with Gasteiger partial charge in [0, 0.05) is 6.42 Å². The Kier molecular flexibility index (Phi) is 5.03. The van der Waals surface area contributed by atoms with Crippen LogP contribution in [0, 0.1) is 0 Å². The molecule has 64 valence electrons. The van der Waals surface area contributed by atoms with E-state index in [0.717, 1.165) is 0 Å². The van der Waals surface area contributed by atoms with Crippen molar-refractivity contribution in [3.63, 3.8) is 0 Å². The van der Waals surface area contributed by atoms with Crippen molar-refractivity contribution in [2.45, 2.75) is 20.3 Å². The zero-order valence-electron chi connectivity index (χ0n) is 6.53. The maximum absolute atomic E-state index is 10.8. The SMILES string of the molecule is CCOC(=O)/C(CC)=[P+](\[O-])O. The largest absolute Gasteiger partial charge is 0.603 e. The van der Waals surface area contributed by atoms with Crippen LogP contribution in [-0.2, 0) is 9.53 Å². The van der Waals surface area contributed by atoms with Crippen molar-refractivity contribution in [3.8, 4) is 0 Å². The maximum atomic E-state index is 10.8. The smallest absolute Gasteiger partial charge is 0.379 e. The molecule has 0 bridgehead atoms. The van der Waals surface area contributed by atoms with Crippen LogP contribution in [0.2, 0.25) is 0 Å². The van der Waals surface area contributed by atoms with Crippen LogP contribution < -0.4 is 4.89 Å². The summed E-state index contributed by atoms with van der Waals surface area (Å²) in [6, 6.07) is 0. The number of hydrogen-bond donors (Lipinski definition) is 1. The summed E-state index contributed by atoms with van der Waals surface area (Å²) in [5.41, 5.74) is 0. The van der Waals surface area contributed by atoms with E-state index in [1.165, 1.54) is 0 Å². The highest BCUT2D eigenvalue weighted by Crippen LogP contribution is 2.09. The minimum Gasteiger partial charge on any atom is -0.603 e. The normalized spacial score (nSPS) is 12.4. The highest BCUT2D eigenvalue weighted by Gasteiger charge is 2.18. The van der Waals surface area contributed by atoms with Crippen molar-refractivity contribution in [3.05, 3.63) is 0 Å². The fraction of sp³-hybridized carbons (Fsp3) is 0.667. The van der Waals surface area contributed by atoms with Gasteiger partial charge in [-0.1, -0.05) is 6.92 Å². The molecule has 0 heterocycles. The first kappa shape index (κ1) is 10.6. The second-order valence-electron chi connectivity index (χ2n) is 1.79. The lowest BCUT2D eigenvalue weighted by Gasteiger charge is -1.99. The van der Waals surface area contributed by atoms with E-state index in [4.69, 9.17) is 4.89 Å². The Morgan fingerprint density at radius 2 is 2.18 bits per heavy atom. The molecule has 4 nitrogen and oxygen atoms in total. The van der Waals surface area contributed by atoms with Gasteiger partial charge in [-0.2, -0.15) is 4.89 Å². The minimum absolute atomic E-state index is 0.0538. The summed E-state index contributed by atoms with van der Waals surface area (Å²) in [6.45, 7) is 3.51. The minimum atomic E-state index is -2.52. The number of carbonyl (C=O) groups excluding carboxylic acids is 1. The monoisotopic (exact) mass is 178 g/mol. The molecule has 0 aromatic rings. The van der Waals surface area contributed by atoms with Crippen molar-refractivity contribution in [2.24, 2.45) is 0 Å². The lowest BCUT2D eigenvalue weighted by Crippen LogP contribution is -2.18. The molecule has 11 heavy (non-hydrogen) atoms. The average molecular weight is 178 g/mol. The Balaban J connectivity index is 4.28. The molecule has 0 fully saturated rings. The van der Waals surface area contributed by atoms with Gasteiger partial charge < -0.3 is 9.63 Å². The molecule has 0 spiro atoms. The zero-order valence-corrected chi connectivity index (χ0v) is 7.43. The molecule has 1 N–H and O–H groups in total. The van der Waals surface area contributed by atoms with E-state index >= 15 is 0 Å². The van der Waals surface area contributed by atoms with E-state index in [-0.39, 0.29) is 18.3 Å². The highest BCUT2D eigenvalue weighted by molar-refractivity contribution is 7.48. The van der Waals surface area contributed by atoms with Gasteiger partial charge in [-0.3, -0.25) is 0 Å². The van der Waals surface area contributed by atoms with Gasteiger partial charge in [-0.15, -0.1) is 0 Å². The number of carbonyl (C=O) groups is 1. The lowest BCUT2D eigenvalue weighted by molar-refractivity contribution is -0.168. The van der Waals surface area contributed by atoms with Crippen LogP contribution in [0.1, 0.15) is 20.3 Å². The van der Waals surface area contributed by atoms with Gasteiger partial charge in [0.25, 0.3) is 0 Å². The molecule has 5 heteroatoms. The Hall–Kier alpha value is -0.440. The predicted molar refractivity (Wildman–Crippen MR) is 41.1 cm³/mol. The average Bonchev–Trinajstić information content (AvgIpc) is 1.88. The van der Waals surface area contributed by atoms with Gasteiger partial charge in [0.15, 0.2) is 0 Å². The molecule has 0 aliphatic carbocycles. The molecule has 0 aromatic heterocycles. The van der Waals surface area contributed by atoms with E-state index < -0.39 is 14.0 Å². The van der Waals surface area contributed by atoms with Gasteiger partial charge >= 0.3 is 5.97 Å². The van der Waals surface area contributed by atoms with Crippen LogP contribution in [-0.4, -0.2) is 22.8 Å². The molecule has 1 atom stereocenters. The summed E-state index contributed by atoms with van der Waals surface area (Å²) in [5, 5.41) is -0.0538. The Morgan fingerprint density at radius 1 is 1.64 bits per heavy atom. The molecule has 0 rings (SSSR count). The molecule has 0 saturated heterocycles. The van der Waals surface area contributed by atoms with E-state index in [1.54, 1.807) is 13.8 Å². The standard InChI is InChI=1S/C6H11O4P/c1-3-5(11(8)9)6(7)10-4-2/h3-4H2,1-2H3,(H,8,9). The van der Waals surface area contributed by atoms with Gasteiger partial charge in [-0.25, -0.2) is 4.79 Å². The lowest BCUT2D eigenvalue weighted by atomic mass is 10.3. The van der Waals surface area contributed by atoms with Crippen LogP contribution in [0.5, 0.6) is 0 Å². The van der Waals surface area contributed by atoms with Crippen molar-refractivity contribution in [1.82, 2.24) is 0 Å². The Morgan fingerprint density at radius 3 is 2.45 bits per heavy atom.